The summed E-state index contributed by atoms with van der Waals surface area (Å²) in [6.07, 6.45) is 0. The van der Waals surface area contributed by atoms with Crippen LogP contribution in [0.1, 0.15) is 31.1 Å². The molecule has 0 aliphatic carbocycles. The van der Waals surface area contributed by atoms with Crippen molar-refractivity contribution in [2.24, 2.45) is 5.92 Å². The number of hydrogen-bond donors (Lipinski definition) is 3. The van der Waals surface area contributed by atoms with Crippen LogP contribution < -0.4 is 15.0 Å². The average molecular weight is 563 g/mol. The van der Waals surface area contributed by atoms with Crippen LogP contribution in [0.5, 0.6) is 23.0 Å². The Balaban J connectivity index is 0.00000253. The molecule has 4 rings (SSSR count). The molecule has 3 N–H and O–H groups in total. The topological polar surface area (TPSA) is 85.3 Å². The van der Waals surface area contributed by atoms with E-state index in [0.29, 0.717) is 23.1 Å². The molecule has 3 aromatic rings. The third-order valence-corrected chi connectivity index (χ3v) is 6.66. The van der Waals surface area contributed by atoms with Gasteiger partial charge in [-0.15, -0.1) is 24.8 Å². The van der Waals surface area contributed by atoms with Crippen molar-refractivity contribution in [2.45, 2.75) is 32.9 Å². The number of phenols is 2. The summed E-state index contributed by atoms with van der Waals surface area (Å²) in [6, 6.07) is 21.4. The highest BCUT2D eigenvalue weighted by atomic mass is 35.5. The fourth-order valence-electron chi connectivity index (χ4n) is 4.55. The number of amides is 1. The van der Waals surface area contributed by atoms with Crippen LogP contribution in [0, 0.1) is 5.92 Å². The zero-order valence-corrected chi connectivity index (χ0v) is 23.5. The van der Waals surface area contributed by atoms with Gasteiger partial charge in [0, 0.05) is 55.6 Å². The summed E-state index contributed by atoms with van der Waals surface area (Å²) in [5.41, 5.74) is 1.60. The zero-order valence-electron chi connectivity index (χ0n) is 21.9. The SMILES string of the molecule is CC(C)[C@@H](CN1CCN(c2cccc(O)c2)[C@@H](C)C1)NC(=O)c1ccc(Oc2ccccc2O)cc1.Cl.Cl. The highest BCUT2D eigenvalue weighted by Gasteiger charge is 2.27. The molecule has 1 heterocycles. The molecule has 1 saturated heterocycles. The molecule has 0 radical (unpaired) electrons. The van der Waals surface area contributed by atoms with E-state index in [9.17, 15) is 15.0 Å². The molecule has 1 amide bonds. The molecular weight excluding hydrogens is 525 g/mol. The Morgan fingerprint density at radius 1 is 1.00 bits per heavy atom. The molecule has 9 heteroatoms. The first-order valence-corrected chi connectivity index (χ1v) is 12.4. The lowest BCUT2D eigenvalue weighted by Crippen LogP contribution is -2.56. The van der Waals surface area contributed by atoms with Crippen molar-refractivity contribution in [1.82, 2.24) is 10.2 Å². The molecule has 3 aromatic carbocycles. The number of rotatable bonds is 8. The molecular formula is C29H37Cl2N3O4. The van der Waals surface area contributed by atoms with Crippen LogP contribution in [0.25, 0.3) is 0 Å². The van der Waals surface area contributed by atoms with E-state index in [4.69, 9.17) is 4.74 Å². The van der Waals surface area contributed by atoms with Crippen LogP contribution >= 0.6 is 24.8 Å². The van der Waals surface area contributed by atoms with Gasteiger partial charge in [0.2, 0.25) is 0 Å². The standard InChI is InChI=1S/C29H35N3O4.2ClH/c1-20(2)26(19-31-15-16-32(21(3)18-31)23-7-6-8-24(33)17-23)30-29(35)22-11-13-25(14-12-22)36-28-10-5-4-9-27(28)34;;/h4-14,17,20-21,26,33-34H,15-16,18-19H2,1-3H3,(H,30,35);2*1H/t21-,26+;;/m0../s1. The van der Waals surface area contributed by atoms with E-state index in [-0.39, 0.29) is 54.2 Å². The lowest BCUT2D eigenvalue weighted by molar-refractivity contribution is 0.0903. The van der Waals surface area contributed by atoms with Gasteiger partial charge in [-0.2, -0.15) is 0 Å². The average Bonchev–Trinajstić information content (AvgIpc) is 2.85. The van der Waals surface area contributed by atoms with Gasteiger partial charge >= 0.3 is 0 Å². The van der Waals surface area contributed by atoms with E-state index in [1.54, 1.807) is 54.6 Å². The number of para-hydroxylation sites is 2. The highest BCUT2D eigenvalue weighted by Crippen LogP contribution is 2.30. The minimum absolute atomic E-state index is 0. The number of nitrogens with zero attached hydrogens (tertiary/aromatic N) is 2. The van der Waals surface area contributed by atoms with Crippen molar-refractivity contribution in [3.63, 3.8) is 0 Å². The van der Waals surface area contributed by atoms with Crippen molar-refractivity contribution in [3.8, 4) is 23.0 Å². The summed E-state index contributed by atoms with van der Waals surface area (Å²) in [7, 11) is 0. The van der Waals surface area contributed by atoms with Crippen LogP contribution in [0.15, 0.2) is 72.8 Å². The van der Waals surface area contributed by atoms with Crippen LogP contribution in [0.3, 0.4) is 0 Å². The molecule has 206 valence electrons. The van der Waals surface area contributed by atoms with Gasteiger partial charge in [-0.05, 0) is 61.4 Å². The van der Waals surface area contributed by atoms with Gasteiger partial charge in [-0.1, -0.05) is 32.0 Å². The number of nitrogens with one attached hydrogen (secondary N) is 1. The number of ether oxygens (including phenoxy) is 1. The molecule has 38 heavy (non-hydrogen) atoms. The smallest absolute Gasteiger partial charge is 0.251 e. The Labute approximate surface area is 237 Å². The first-order valence-electron chi connectivity index (χ1n) is 12.4. The number of carbonyl (C=O) groups excluding carboxylic acids is 1. The number of phenolic OH excluding ortho intramolecular Hbond substituents is 2. The van der Waals surface area contributed by atoms with E-state index in [0.717, 1.165) is 31.9 Å². The summed E-state index contributed by atoms with van der Waals surface area (Å²) in [4.78, 5) is 17.7. The van der Waals surface area contributed by atoms with Crippen LogP contribution in [0.2, 0.25) is 0 Å². The van der Waals surface area contributed by atoms with Crippen molar-refractivity contribution in [3.05, 3.63) is 78.4 Å². The number of halogens is 2. The molecule has 1 aliphatic rings. The fraction of sp³-hybridized carbons (Fsp3) is 0.345. The maximum Gasteiger partial charge on any atom is 0.251 e. The van der Waals surface area contributed by atoms with Gasteiger partial charge < -0.3 is 25.2 Å². The molecule has 0 spiro atoms. The van der Waals surface area contributed by atoms with E-state index >= 15 is 0 Å². The number of aromatic hydroxyl groups is 2. The molecule has 0 bridgehead atoms. The molecule has 1 aliphatic heterocycles. The van der Waals surface area contributed by atoms with Gasteiger partial charge in [0.1, 0.15) is 11.5 Å². The zero-order chi connectivity index (χ0) is 25.7. The number of benzene rings is 3. The number of piperazine rings is 1. The van der Waals surface area contributed by atoms with E-state index in [2.05, 4.69) is 35.9 Å². The molecule has 2 atom stereocenters. The van der Waals surface area contributed by atoms with Crippen LogP contribution in [0.4, 0.5) is 5.69 Å². The lowest BCUT2D eigenvalue weighted by Gasteiger charge is -2.42. The first kappa shape index (κ1) is 31.1. The van der Waals surface area contributed by atoms with Gasteiger partial charge in [0.15, 0.2) is 11.5 Å². The lowest BCUT2D eigenvalue weighted by atomic mass is 10.0. The Morgan fingerprint density at radius 2 is 1.71 bits per heavy atom. The number of carbonyl (C=O) groups is 1. The predicted molar refractivity (Wildman–Crippen MR) is 157 cm³/mol. The van der Waals surface area contributed by atoms with Gasteiger partial charge in [-0.25, -0.2) is 0 Å². The van der Waals surface area contributed by atoms with Crippen molar-refractivity contribution >= 4 is 36.4 Å². The van der Waals surface area contributed by atoms with Crippen LogP contribution in [-0.2, 0) is 0 Å². The quantitative estimate of drug-likeness (QED) is 0.327. The maximum absolute atomic E-state index is 13.0. The summed E-state index contributed by atoms with van der Waals surface area (Å²) in [5.74, 6) is 1.42. The minimum Gasteiger partial charge on any atom is -0.508 e. The second kappa shape index (κ2) is 14.1. The van der Waals surface area contributed by atoms with Crippen molar-refractivity contribution < 1.29 is 19.7 Å². The Bertz CT molecular complexity index is 1180. The second-order valence-corrected chi connectivity index (χ2v) is 9.74. The van der Waals surface area contributed by atoms with E-state index in [1.165, 1.54) is 0 Å². The number of anilines is 1. The Kier molecular flexibility index (Phi) is 11.6. The largest absolute Gasteiger partial charge is 0.508 e. The first-order chi connectivity index (χ1) is 17.3. The predicted octanol–water partition coefficient (Wildman–Crippen LogP) is 5.70. The van der Waals surface area contributed by atoms with Gasteiger partial charge in [-0.3, -0.25) is 9.69 Å². The molecule has 7 nitrogen and oxygen atoms in total. The van der Waals surface area contributed by atoms with E-state index < -0.39 is 0 Å². The fourth-order valence-corrected chi connectivity index (χ4v) is 4.55. The molecule has 0 aromatic heterocycles. The summed E-state index contributed by atoms with van der Waals surface area (Å²) < 4.78 is 5.71. The van der Waals surface area contributed by atoms with Crippen molar-refractivity contribution in [2.75, 3.05) is 31.1 Å². The van der Waals surface area contributed by atoms with Crippen molar-refractivity contribution in [1.29, 1.82) is 0 Å². The highest BCUT2D eigenvalue weighted by molar-refractivity contribution is 5.94. The third kappa shape index (κ3) is 7.93. The minimum atomic E-state index is -0.116. The Morgan fingerprint density at radius 3 is 2.34 bits per heavy atom. The van der Waals surface area contributed by atoms with Gasteiger partial charge in [0.05, 0.1) is 0 Å². The summed E-state index contributed by atoms with van der Waals surface area (Å²) in [5, 5.41) is 22.9. The normalized spacial score (nSPS) is 16.2. The third-order valence-electron chi connectivity index (χ3n) is 6.66. The molecule has 0 unspecified atom stereocenters. The van der Waals surface area contributed by atoms with E-state index in [1.807, 2.05) is 18.2 Å². The second-order valence-electron chi connectivity index (χ2n) is 9.74. The maximum atomic E-state index is 13.0. The summed E-state index contributed by atoms with van der Waals surface area (Å²) in [6.45, 7) is 9.85. The molecule has 1 fully saturated rings. The summed E-state index contributed by atoms with van der Waals surface area (Å²) >= 11 is 0. The van der Waals surface area contributed by atoms with Gasteiger partial charge in [0.25, 0.3) is 5.91 Å². The molecule has 0 saturated carbocycles. The monoisotopic (exact) mass is 561 g/mol. The number of hydrogen-bond acceptors (Lipinski definition) is 6. The van der Waals surface area contributed by atoms with Crippen LogP contribution in [-0.4, -0.2) is 59.3 Å². The Hall–Kier alpha value is -3.13.